The molecule has 3 aromatic rings. The van der Waals surface area contributed by atoms with Crippen LogP contribution in [-0.4, -0.2) is 23.0 Å². The third kappa shape index (κ3) is 1.88. The highest BCUT2D eigenvalue weighted by atomic mass is 16.3. The molecule has 7 rings (SSSR count). The molecule has 2 bridgehead atoms. The van der Waals surface area contributed by atoms with Gasteiger partial charge in [0.05, 0.1) is 24.3 Å². The van der Waals surface area contributed by atoms with Crippen LogP contribution in [0.25, 0.3) is 0 Å². The molecule has 2 unspecified atom stereocenters. The van der Waals surface area contributed by atoms with E-state index in [0.29, 0.717) is 5.76 Å². The molecule has 1 aromatic heterocycles. The van der Waals surface area contributed by atoms with Crippen LogP contribution in [0.2, 0.25) is 0 Å². The predicted octanol–water partition coefficient (Wildman–Crippen LogP) is 3.51. The molecule has 1 fully saturated rings. The average molecular weight is 368 g/mol. The van der Waals surface area contributed by atoms with Gasteiger partial charge in [0.25, 0.3) is 11.8 Å². The quantitative estimate of drug-likeness (QED) is 0.514. The summed E-state index contributed by atoms with van der Waals surface area (Å²) in [7, 11) is 0. The van der Waals surface area contributed by atoms with Crippen molar-refractivity contribution in [2.24, 2.45) is 16.9 Å². The van der Waals surface area contributed by atoms with E-state index in [-0.39, 0.29) is 23.7 Å². The number of nitrogens with zero attached hydrogens (tertiary/aromatic N) is 2. The van der Waals surface area contributed by atoms with Crippen LogP contribution < -0.4 is 0 Å². The summed E-state index contributed by atoms with van der Waals surface area (Å²) in [5.74, 6) is -0.976. The number of amides is 2. The Bertz CT molecular complexity index is 1030. The van der Waals surface area contributed by atoms with Gasteiger partial charge in [-0.3, -0.25) is 9.59 Å². The van der Waals surface area contributed by atoms with Gasteiger partial charge in [-0.2, -0.15) is 10.1 Å². The van der Waals surface area contributed by atoms with E-state index < -0.39 is 11.8 Å². The molecule has 3 aliphatic carbocycles. The first kappa shape index (κ1) is 15.6. The molecule has 2 aromatic carbocycles. The zero-order valence-corrected chi connectivity index (χ0v) is 14.9. The van der Waals surface area contributed by atoms with Crippen molar-refractivity contribution in [2.75, 3.05) is 0 Å². The summed E-state index contributed by atoms with van der Waals surface area (Å²) in [5, 5.41) is 5.24. The van der Waals surface area contributed by atoms with E-state index >= 15 is 0 Å². The first-order chi connectivity index (χ1) is 13.8. The lowest BCUT2D eigenvalue weighted by Crippen LogP contribution is -2.41. The molecule has 5 heteroatoms. The van der Waals surface area contributed by atoms with Gasteiger partial charge < -0.3 is 4.42 Å². The first-order valence-electron chi connectivity index (χ1n) is 9.38. The van der Waals surface area contributed by atoms with Crippen LogP contribution in [0.15, 0.2) is 76.4 Å². The number of carbonyl (C=O) groups excluding carboxylic acids is 2. The Morgan fingerprint density at radius 2 is 1.25 bits per heavy atom. The molecule has 136 valence electrons. The van der Waals surface area contributed by atoms with E-state index in [1.165, 1.54) is 12.5 Å². The smallest absolute Gasteiger partial charge is 0.254 e. The van der Waals surface area contributed by atoms with Gasteiger partial charge in [-0.15, -0.1) is 0 Å². The molecule has 0 spiro atoms. The van der Waals surface area contributed by atoms with E-state index in [1.54, 1.807) is 12.1 Å². The van der Waals surface area contributed by atoms with E-state index in [4.69, 9.17) is 4.42 Å². The Morgan fingerprint density at radius 1 is 0.750 bits per heavy atom. The van der Waals surface area contributed by atoms with Gasteiger partial charge in [0.1, 0.15) is 5.76 Å². The van der Waals surface area contributed by atoms with Crippen molar-refractivity contribution in [1.29, 1.82) is 0 Å². The number of furan rings is 1. The predicted molar refractivity (Wildman–Crippen MR) is 102 cm³/mol. The molecule has 1 saturated heterocycles. The highest BCUT2D eigenvalue weighted by Gasteiger charge is 2.61. The zero-order chi connectivity index (χ0) is 18.8. The van der Waals surface area contributed by atoms with Crippen molar-refractivity contribution in [3.8, 4) is 0 Å². The van der Waals surface area contributed by atoms with Crippen molar-refractivity contribution in [2.45, 2.75) is 11.8 Å². The molecule has 0 N–H and O–H groups in total. The van der Waals surface area contributed by atoms with E-state index in [1.807, 2.05) is 24.3 Å². The summed E-state index contributed by atoms with van der Waals surface area (Å²) >= 11 is 0. The third-order valence-electron chi connectivity index (χ3n) is 6.27. The molecule has 28 heavy (non-hydrogen) atoms. The molecule has 0 saturated carbocycles. The molecular formula is C23H16N2O3. The highest BCUT2D eigenvalue weighted by molar-refractivity contribution is 6.08. The van der Waals surface area contributed by atoms with Crippen LogP contribution in [0.4, 0.5) is 0 Å². The fourth-order valence-corrected chi connectivity index (χ4v) is 5.25. The SMILES string of the molecule is O=C1C2C3c4ccccc4C(c4ccccc43)C2C(=O)N1/N=C/c1ccco1. The summed E-state index contributed by atoms with van der Waals surface area (Å²) in [5.41, 5.74) is 4.63. The summed E-state index contributed by atoms with van der Waals surface area (Å²) in [6.07, 6.45) is 2.96. The largest absolute Gasteiger partial charge is 0.463 e. The molecule has 1 aliphatic heterocycles. The van der Waals surface area contributed by atoms with Gasteiger partial charge in [-0.25, -0.2) is 0 Å². The number of imide groups is 1. The highest BCUT2D eigenvalue weighted by Crippen LogP contribution is 2.60. The maximum atomic E-state index is 13.3. The zero-order valence-electron chi connectivity index (χ0n) is 14.9. The summed E-state index contributed by atoms with van der Waals surface area (Å²) in [6.45, 7) is 0. The van der Waals surface area contributed by atoms with Gasteiger partial charge in [0, 0.05) is 11.8 Å². The molecule has 2 amide bonds. The molecule has 2 heterocycles. The van der Waals surface area contributed by atoms with Gasteiger partial charge in [-0.05, 0) is 34.4 Å². The Labute approximate surface area is 161 Å². The second kappa shape index (κ2) is 5.52. The third-order valence-corrected chi connectivity index (χ3v) is 6.27. The van der Waals surface area contributed by atoms with Gasteiger partial charge in [-0.1, -0.05) is 48.5 Å². The maximum Gasteiger partial charge on any atom is 0.254 e. The fourth-order valence-electron chi connectivity index (χ4n) is 5.25. The second-order valence-electron chi connectivity index (χ2n) is 7.51. The normalized spacial score (nSPS) is 27.2. The first-order valence-corrected chi connectivity index (χ1v) is 9.38. The number of rotatable bonds is 2. The van der Waals surface area contributed by atoms with Crippen LogP contribution in [0.1, 0.15) is 39.8 Å². The lowest BCUT2D eigenvalue weighted by Gasteiger charge is -2.45. The Balaban J connectivity index is 1.50. The average Bonchev–Trinajstić information content (AvgIpc) is 3.34. The standard InChI is InChI=1S/C23H16N2O3/c26-22-20-18-14-7-1-2-8-15(14)19(17-10-4-3-9-16(17)18)21(20)23(27)25(22)24-12-13-6-5-11-28-13/h1-12,18-21H/b24-12+. The number of hydrogen-bond acceptors (Lipinski definition) is 4. The van der Waals surface area contributed by atoms with Crippen molar-refractivity contribution in [3.05, 3.63) is 94.9 Å². The van der Waals surface area contributed by atoms with E-state index in [9.17, 15) is 9.59 Å². The van der Waals surface area contributed by atoms with Crippen LogP contribution in [0.3, 0.4) is 0 Å². The summed E-state index contributed by atoms with van der Waals surface area (Å²) < 4.78 is 5.24. The molecule has 2 atom stereocenters. The Hall–Kier alpha value is -3.47. The minimum absolute atomic E-state index is 0.109. The molecule has 5 nitrogen and oxygen atoms in total. The second-order valence-corrected chi connectivity index (χ2v) is 7.51. The van der Waals surface area contributed by atoms with Crippen molar-refractivity contribution in [3.63, 3.8) is 0 Å². The maximum absolute atomic E-state index is 13.3. The van der Waals surface area contributed by atoms with Gasteiger partial charge >= 0.3 is 0 Å². The Morgan fingerprint density at radius 3 is 1.68 bits per heavy atom. The van der Waals surface area contributed by atoms with Crippen molar-refractivity contribution < 1.29 is 14.0 Å². The summed E-state index contributed by atoms with van der Waals surface area (Å²) in [4.78, 5) is 26.6. The lowest BCUT2D eigenvalue weighted by atomic mass is 9.55. The van der Waals surface area contributed by atoms with Crippen LogP contribution in [0, 0.1) is 11.8 Å². The van der Waals surface area contributed by atoms with Crippen LogP contribution in [0.5, 0.6) is 0 Å². The molecule has 4 aliphatic rings. The fraction of sp³-hybridized carbons (Fsp3) is 0.174. The Kier molecular flexibility index (Phi) is 3.07. The van der Waals surface area contributed by atoms with Crippen LogP contribution in [-0.2, 0) is 9.59 Å². The van der Waals surface area contributed by atoms with E-state index in [2.05, 4.69) is 29.4 Å². The minimum Gasteiger partial charge on any atom is -0.463 e. The topological polar surface area (TPSA) is 62.9 Å². The number of hydrogen-bond donors (Lipinski definition) is 0. The van der Waals surface area contributed by atoms with E-state index in [0.717, 1.165) is 27.3 Å². The molecule has 0 radical (unpaired) electrons. The minimum atomic E-state index is -0.406. The van der Waals surface area contributed by atoms with Gasteiger partial charge in [0.2, 0.25) is 0 Å². The van der Waals surface area contributed by atoms with Gasteiger partial charge in [0.15, 0.2) is 0 Å². The lowest BCUT2D eigenvalue weighted by molar-refractivity contribution is -0.139. The van der Waals surface area contributed by atoms with Crippen molar-refractivity contribution in [1.82, 2.24) is 5.01 Å². The van der Waals surface area contributed by atoms with Crippen molar-refractivity contribution >= 4 is 18.0 Å². The summed E-state index contributed by atoms with van der Waals surface area (Å²) in [6, 6.07) is 19.8. The molecular weight excluding hydrogens is 352 g/mol. The monoisotopic (exact) mass is 368 g/mol. The number of benzene rings is 2. The number of hydrazone groups is 1. The number of carbonyl (C=O) groups is 2. The van der Waals surface area contributed by atoms with Crippen LogP contribution >= 0.6 is 0 Å².